The minimum Gasteiger partial charge on any atom is -0.393 e. The van der Waals surface area contributed by atoms with E-state index in [4.69, 9.17) is 4.74 Å². The Balaban J connectivity index is 2.20. The van der Waals surface area contributed by atoms with E-state index in [0.717, 1.165) is 12.5 Å². The molecule has 0 heterocycles. The van der Waals surface area contributed by atoms with E-state index >= 15 is 0 Å². The van der Waals surface area contributed by atoms with Gasteiger partial charge in [-0.1, -0.05) is 0 Å². The van der Waals surface area contributed by atoms with Crippen molar-refractivity contribution in [2.24, 2.45) is 11.8 Å². The van der Waals surface area contributed by atoms with Crippen molar-refractivity contribution in [3.8, 4) is 0 Å². The number of rotatable bonds is 3. The van der Waals surface area contributed by atoms with Gasteiger partial charge < -0.3 is 9.84 Å². The molecule has 1 fully saturated rings. The van der Waals surface area contributed by atoms with Gasteiger partial charge in [0.15, 0.2) is 0 Å². The molecule has 1 N–H and O–H groups in total. The highest BCUT2D eigenvalue weighted by molar-refractivity contribution is 4.75. The average molecular weight is 172 g/mol. The van der Waals surface area contributed by atoms with Crippen molar-refractivity contribution < 1.29 is 9.84 Å². The second kappa shape index (κ2) is 4.83. The maximum Gasteiger partial charge on any atom is 0.0540 e. The largest absolute Gasteiger partial charge is 0.393 e. The zero-order valence-electron chi connectivity index (χ0n) is 8.12. The third-order valence-corrected chi connectivity index (χ3v) is 2.98. The molecule has 12 heavy (non-hydrogen) atoms. The van der Waals surface area contributed by atoms with Gasteiger partial charge in [-0.05, 0) is 44.4 Å². The molecule has 1 aliphatic rings. The molecule has 1 unspecified atom stereocenters. The number of aliphatic hydroxyl groups excluding tert-OH is 1. The number of ether oxygens (including phenoxy) is 1. The zero-order valence-corrected chi connectivity index (χ0v) is 8.12. The highest BCUT2D eigenvalue weighted by atomic mass is 16.5. The molecule has 1 saturated carbocycles. The van der Waals surface area contributed by atoms with E-state index in [1.165, 1.54) is 25.7 Å². The maximum atomic E-state index is 9.36. The SMILES string of the molecule is COCC1CCC(C(C)O)CC1. The fourth-order valence-corrected chi connectivity index (χ4v) is 2.07. The molecule has 2 heteroatoms. The normalized spacial score (nSPS) is 33.2. The summed E-state index contributed by atoms with van der Waals surface area (Å²) in [6.45, 7) is 2.80. The molecule has 1 aliphatic carbocycles. The first-order chi connectivity index (χ1) is 5.74. The van der Waals surface area contributed by atoms with Crippen LogP contribution in [0.4, 0.5) is 0 Å². The van der Waals surface area contributed by atoms with Crippen LogP contribution < -0.4 is 0 Å². The lowest BCUT2D eigenvalue weighted by Crippen LogP contribution is -2.24. The Labute approximate surface area is 74.9 Å². The van der Waals surface area contributed by atoms with E-state index in [0.29, 0.717) is 5.92 Å². The van der Waals surface area contributed by atoms with E-state index in [2.05, 4.69) is 0 Å². The first kappa shape index (κ1) is 10.0. The quantitative estimate of drug-likeness (QED) is 0.703. The van der Waals surface area contributed by atoms with Gasteiger partial charge in [0.05, 0.1) is 6.10 Å². The third-order valence-electron chi connectivity index (χ3n) is 2.98. The van der Waals surface area contributed by atoms with Crippen molar-refractivity contribution in [3.63, 3.8) is 0 Å². The Morgan fingerprint density at radius 3 is 2.33 bits per heavy atom. The predicted octanol–water partition coefficient (Wildman–Crippen LogP) is 1.82. The highest BCUT2D eigenvalue weighted by Crippen LogP contribution is 2.30. The summed E-state index contributed by atoms with van der Waals surface area (Å²) in [5.74, 6) is 1.28. The molecule has 0 aliphatic heterocycles. The fraction of sp³-hybridized carbons (Fsp3) is 1.00. The van der Waals surface area contributed by atoms with E-state index in [1.54, 1.807) is 7.11 Å². The average Bonchev–Trinajstić information content (AvgIpc) is 2.06. The second-order valence-electron chi connectivity index (χ2n) is 3.98. The molecular weight excluding hydrogens is 152 g/mol. The van der Waals surface area contributed by atoms with Crippen molar-refractivity contribution >= 4 is 0 Å². The smallest absolute Gasteiger partial charge is 0.0540 e. The van der Waals surface area contributed by atoms with Crippen LogP contribution in [-0.4, -0.2) is 24.9 Å². The first-order valence-electron chi connectivity index (χ1n) is 4.91. The summed E-state index contributed by atoms with van der Waals surface area (Å²) < 4.78 is 5.11. The van der Waals surface area contributed by atoms with Crippen LogP contribution in [0.25, 0.3) is 0 Å². The van der Waals surface area contributed by atoms with Crippen molar-refractivity contribution in [1.82, 2.24) is 0 Å². The van der Waals surface area contributed by atoms with Gasteiger partial charge in [-0.2, -0.15) is 0 Å². The Morgan fingerprint density at radius 1 is 1.33 bits per heavy atom. The number of aliphatic hydroxyl groups is 1. The Hall–Kier alpha value is -0.0800. The van der Waals surface area contributed by atoms with Crippen molar-refractivity contribution in [2.75, 3.05) is 13.7 Å². The molecule has 0 aromatic heterocycles. The molecule has 72 valence electrons. The number of methoxy groups -OCH3 is 1. The summed E-state index contributed by atoms with van der Waals surface area (Å²) in [6, 6.07) is 0. The monoisotopic (exact) mass is 172 g/mol. The minimum absolute atomic E-state index is 0.117. The maximum absolute atomic E-state index is 9.36. The summed E-state index contributed by atoms with van der Waals surface area (Å²) in [7, 11) is 1.76. The third kappa shape index (κ3) is 2.76. The Morgan fingerprint density at radius 2 is 1.92 bits per heavy atom. The molecule has 0 aromatic rings. The van der Waals surface area contributed by atoms with Crippen LogP contribution >= 0.6 is 0 Å². The lowest BCUT2D eigenvalue weighted by atomic mass is 9.80. The van der Waals surface area contributed by atoms with E-state index in [1.807, 2.05) is 6.92 Å². The van der Waals surface area contributed by atoms with Gasteiger partial charge in [-0.15, -0.1) is 0 Å². The topological polar surface area (TPSA) is 29.5 Å². The van der Waals surface area contributed by atoms with Crippen LogP contribution in [0.15, 0.2) is 0 Å². The van der Waals surface area contributed by atoms with Gasteiger partial charge >= 0.3 is 0 Å². The summed E-state index contributed by atoms with van der Waals surface area (Å²) >= 11 is 0. The minimum atomic E-state index is -0.117. The van der Waals surface area contributed by atoms with Gasteiger partial charge in [0.25, 0.3) is 0 Å². The van der Waals surface area contributed by atoms with E-state index in [-0.39, 0.29) is 6.10 Å². The van der Waals surface area contributed by atoms with Crippen LogP contribution in [0.1, 0.15) is 32.6 Å². The zero-order chi connectivity index (χ0) is 8.97. The van der Waals surface area contributed by atoms with Gasteiger partial charge in [0.1, 0.15) is 0 Å². The van der Waals surface area contributed by atoms with Gasteiger partial charge in [0.2, 0.25) is 0 Å². The Kier molecular flexibility index (Phi) is 4.02. The van der Waals surface area contributed by atoms with Crippen molar-refractivity contribution in [1.29, 1.82) is 0 Å². The first-order valence-corrected chi connectivity index (χ1v) is 4.91. The van der Waals surface area contributed by atoms with Crippen LogP contribution in [-0.2, 0) is 4.74 Å². The Bertz CT molecular complexity index is 115. The molecule has 1 rings (SSSR count). The van der Waals surface area contributed by atoms with Gasteiger partial charge in [-0.3, -0.25) is 0 Å². The number of hydrogen-bond acceptors (Lipinski definition) is 2. The second-order valence-corrected chi connectivity index (χ2v) is 3.98. The molecule has 0 bridgehead atoms. The highest BCUT2D eigenvalue weighted by Gasteiger charge is 2.23. The molecule has 0 radical (unpaired) electrons. The summed E-state index contributed by atoms with van der Waals surface area (Å²) in [5, 5.41) is 9.36. The van der Waals surface area contributed by atoms with E-state index in [9.17, 15) is 5.11 Å². The summed E-state index contributed by atoms with van der Waals surface area (Å²) in [6.07, 6.45) is 4.68. The molecule has 2 nitrogen and oxygen atoms in total. The molecule has 1 atom stereocenters. The van der Waals surface area contributed by atoms with Crippen molar-refractivity contribution in [3.05, 3.63) is 0 Å². The standard InChI is InChI=1S/C10H20O2/c1-8(11)10-5-3-9(4-6-10)7-12-2/h8-11H,3-7H2,1-2H3. The fourth-order valence-electron chi connectivity index (χ4n) is 2.07. The molecule has 0 amide bonds. The van der Waals surface area contributed by atoms with Crippen LogP contribution in [0.5, 0.6) is 0 Å². The predicted molar refractivity (Wildman–Crippen MR) is 49.0 cm³/mol. The summed E-state index contributed by atoms with van der Waals surface area (Å²) in [5.41, 5.74) is 0. The van der Waals surface area contributed by atoms with Crippen LogP contribution in [0, 0.1) is 11.8 Å². The van der Waals surface area contributed by atoms with Crippen LogP contribution in [0.2, 0.25) is 0 Å². The molecule has 0 spiro atoms. The van der Waals surface area contributed by atoms with Crippen LogP contribution in [0.3, 0.4) is 0 Å². The lowest BCUT2D eigenvalue weighted by Gasteiger charge is -2.29. The molecule has 0 aromatic carbocycles. The van der Waals surface area contributed by atoms with Crippen molar-refractivity contribution in [2.45, 2.75) is 38.7 Å². The molecule has 0 saturated heterocycles. The van der Waals surface area contributed by atoms with Gasteiger partial charge in [-0.25, -0.2) is 0 Å². The van der Waals surface area contributed by atoms with Gasteiger partial charge in [0, 0.05) is 13.7 Å². The summed E-state index contributed by atoms with van der Waals surface area (Å²) in [4.78, 5) is 0. The molecular formula is C10H20O2. The number of hydrogen-bond donors (Lipinski definition) is 1. The van der Waals surface area contributed by atoms with E-state index < -0.39 is 0 Å². The lowest BCUT2D eigenvalue weighted by molar-refractivity contribution is 0.0652.